The van der Waals surface area contributed by atoms with Crippen molar-refractivity contribution in [1.82, 2.24) is 0 Å². The fourth-order valence-corrected chi connectivity index (χ4v) is 1.33. The van der Waals surface area contributed by atoms with E-state index in [2.05, 4.69) is 12.3 Å². The van der Waals surface area contributed by atoms with Crippen LogP contribution >= 0.6 is 0 Å². The van der Waals surface area contributed by atoms with Gasteiger partial charge in [-0.05, 0) is 13.0 Å². The molecule has 0 spiro atoms. The number of ether oxygens (including phenoxy) is 2. The van der Waals surface area contributed by atoms with E-state index in [1.54, 1.807) is 6.08 Å². The van der Waals surface area contributed by atoms with Gasteiger partial charge in [0.1, 0.15) is 0 Å². The molecule has 0 aliphatic heterocycles. The molecule has 0 aromatic heterocycles. The van der Waals surface area contributed by atoms with Gasteiger partial charge in [0.2, 0.25) is 0 Å². The van der Waals surface area contributed by atoms with Gasteiger partial charge in [-0.3, -0.25) is 0 Å². The molecule has 0 heterocycles. The van der Waals surface area contributed by atoms with Crippen molar-refractivity contribution in [2.45, 2.75) is 18.9 Å². The fraction of sp³-hybridized carbons (Fsp3) is 0.500. The molecule has 3 nitrogen and oxygen atoms in total. The maximum atomic E-state index is 9.85. The molecule has 1 N–H and O–H groups in total. The van der Waals surface area contributed by atoms with Gasteiger partial charge in [-0.2, -0.15) is 0 Å². The smallest absolute Gasteiger partial charge is 0.173 e. The van der Waals surface area contributed by atoms with Crippen LogP contribution in [0.2, 0.25) is 0 Å². The number of rotatable bonds is 4. The molecule has 0 aromatic carbocycles. The van der Waals surface area contributed by atoms with E-state index in [4.69, 9.17) is 9.47 Å². The van der Waals surface area contributed by atoms with Crippen molar-refractivity contribution in [3.8, 4) is 0 Å². The molecule has 0 radical (unpaired) electrons. The highest BCUT2D eigenvalue weighted by atomic mass is 16.5. The average molecular weight is 182 g/mol. The molecule has 1 atom stereocenters. The topological polar surface area (TPSA) is 38.7 Å². The standard InChI is InChI=1S/C10H14O3/c1-4-9(12-3)10(11)6-8(7-10)13-5-2/h6,11H,1,5,7H2,2-3H3. The van der Waals surface area contributed by atoms with Gasteiger partial charge in [-0.1, -0.05) is 12.3 Å². The Balaban J connectivity index is 2.69. The zero-order valence-electron chi connectivity index (χ0n) is 7.96. The normalized spacial score (nSPS) is 25.3. The molecule has 0 amide bonds. The number of aliphatic hydroxyl groups is 1. The Bertz CT molecular complexity index is 274. The van der Waals surface area contributed by atoms with Gasteiger partial charge in [-0.25, -0.2) is 0 Å². The minimum absolute atomic E-state index is 0.343. The second-order valence-corrected chi connectivity index (χ2v) is 2.85. The van der Waals surface area contributed by atoms with Crippen LogP contribution in [0.4, 0.5) is 0 Å². The third-order valence-electron chi connectivity index (χ3n) is 1.93. The highest BCUT2D eigenvalue weighted by Gasteiger charge is 2.40. The number of hydrogen-bond acceptors (Lipinski definition) is 3. The molecule has 1 rings (SSSR count). The van der Waals surface area contributed by atoms with Crippen molar-refractivity contribution in [2.24, 2.45) is 0 Å². The Hall–Kier alpha value is -1.18. The van der Waals surface area contributed by atoms with E-state index in [9.17, 15) is 5.11 Å². The molecule has 72 valence electrons. The van der Waals surface area contributed by atoms with Gasteiger partial charge < -0.3 is 14.6 Å². The molecule has 3 heteroatoms. The van der Waals surface area contributed by atoms with Crippen molar-refractivity contribution in [3.05, 3.63) is 29.9 Å². The van der Waals surface area contributed by atoms with Gasteiger partial charge in [0.15, 0.2) is 11.4 Å². The molecule has 0 bridgehead atoms. The molecular weight excluding hydrogens is 168 g/mol. The van der Waals surface area contributed by atoms with E-state index in [-0.39, 0.29) is 0 Å². The zero-order chi connectivity index (χ0) is 9.90. The second kappa shape index (κ2) is 3.69. The molecule has 13 heavy (non-hydrogen) atoms. The lowest BCUT2D eigenvalue weighted by atomic mass is 9.85. The summed E-state index contributed by atoms with van der Waals surface area (Å²) in [6, 6.07) is 0. The van der Waals surface area contributed by atoms with Crippen LogP contribution in [-0.4, -0.2) is 24.4 Å². The van der Waals surface area contributed by atoms with Gasteiger partial charge in [0.05, 0.1) is 19.5 Å². The Morgan fingerprint density at radius 1 is 1.85 bits per heavy atom. The molecule has 1 aliphatic rings. The van der Waals surface area contributed by atoms with Crippen LogP contribution in [0.1, 0.15) is 13.3 Å². The predicted molar refractivity (Wildman–Crippen MR) is 48.9 cm³/mol. The second-order valence-electron chi connectivity index (χ2n) is 2.85. The first-order chi connectivity index (χ1) is 6.16. The Morgan fingerprint density at radius 2 is 2.46 bits per heavy atom. The maximum absolute atomic E-state index is 9.85. The van der Waals surface area contributed by atoms with Crippen LogP contribution < -0.4 is 0 Å². The summed E-state index contributed by atoms with van der Waals surface area (Å²) in [5, 5.41) is 9.85. The quantitative estimate of drug-likeness (QED) is 0.527. The van der Waals surface area contributed by atoms with Gasteiger partial charge in [0.25, 0.3) is 0 Å². The van der Waals surface area contributed by atoms with Crippen molar-refractivity contribution in [3.63, 3.8) is 0 Å². The van der Waals surface area contributed by atoms with Crippen LogP contribution in [0.25, 0.3) is 0 Å². The average Bonchev–Trinajstić information content (AvgIpc) is 2.04. The predicted octanol–water partition coefficient (Wildman–Crippen LogP) is 1.36. The Labute approximate surface area is 78.0 Å². The van der Waals surface area contributed by atoms with E-state index >= 15 is 0 Å². The van der Waals surface area contributed by atoms with Crippen LogP contribution in [0.5, 0.6) is 0 Å². The minimum Gasteiger partial charge on any atom is -0.498 e. The summed E-state index contributed by atoms with van der Waals surface area (Å²) in [6.45, 7) is 5.95. The van der Waals surface area contributed by atoms with Crippen LogP contribution in [0, 0.1) is 0 Å². The summed E-state index contributed by atoms with van der Waals surface area (Å²) in [5.74, 6) is 1.13. The van der Waals surface area contributed by atoms with Crippen molar-refractivity contribution in [2.75, 3.05) is 13.7 Å². The zero-order valence-corrected chi connectivity index (χ0v) is 7.96. The van der Waals surface area contributed by atoms with Gasteiger partial charge in [-0.15, -0.1) is 0 Å². The number of methoxy groups -OCH3 is 1. The monoisotopic (exact) mass is 182 g/mol. The molecular formula is C10H14O3. The van der Waals surface area contributed by atoms with Crippen molar-refractivity contribution < 1.29 is 14.6 Å². The SMILES string of the molecule is C=C=C(OC)C1(O)C=C(OCC)C1. The van der Waals surface area contributed by atoms with Crippen LogP contribution in [0.15, 0.2) is 29.9 Å². The highest BCUT2D eigenvalue weighted by molar-refractivity contribution is 5.32. The molecule has 0 saturated carbocycles. The first-order valence-corrected chi connectivity index (χ1v) is 4.17. The number of hydrogen-bond donors (Lipinski definition) is 1. The van der Waals surface area contributed by atoms with E-state index in [0.29, 0.717) is 18.8 Å². The summed E-state index contributed by atoms with van der Waals surface area (Å²) >= 11 is 0. The van der Waals surface area contributed by atoms with Crippen molar-refractivity contribution in [1.29, 1.82) is 0 Å². The summed E-state index contributed by atoms with van der Waals surface area (Å²) < 4.78 is 10.1. The molecule has 0 aromatic rings. The Kier molecular flexibility index (Phi) is 2.81. The summed E-state index contributed by atoms with van der Waals surface area (Å²) in [5.41, 5.74) is 1.50. The largest absolute Gasteiger partial charge is 0.498 e. The first kappa shape index (κ1) is 9.90. The third-order valence-corrected chi connectivity index (χ3v) is 1.93. The lowest BCUT2D eigenvalue weighted by molar-refractivity contribution is 0.0188. The lowest BCUT2D eigenvalue weighted by Gasteiger charge is -2.34. The first-order valence-electron chi connectivity index (χ1n) is 4.17. The van der Waals surface area contributed by atoms with E-state index in [1.165, 1.54) is 7.11 Å². The molecule has 0 saturated heterocycles. The van der Waals surface area contributed by atoms with E-state index in [1.807, 2.05) is 6.92 Å². The van der Waals surface area contributed by atoms with Crippen LogP contribution in [0.3, 0.4) is 0 Å². The Morgan fingerprint density at radius 3 is 2.85 bits per heavy atom. The lowest BCUT2D eigenvalue weighted by Crippen LogP contribution is -2.37. The minimum atomic E-state index is -1.05. The van der Waals surface area contributed by atoms with E-state index in [0.717, 1.165) is 5.76 Å². The molecule has 0 fully saturated rings. The maximum Gasteiger partial charge on any atom is 0.173 e. The summed E-state index contributed by atoms with van der Waals surface area (Å²) in [7, 11) is 1.48. The highest BCUT2D eigenvalue weighted by Crippen LogP contribution is 2.36. The summed E-state index contributed by atoms with van der Waals surface area (Å²) in [6.07, 6.45) is 2.06. The summed E-state index contributed by atoms with van der Waals surface area (Å²) in [4.78, 5) is 0. The van der Waals surface area contributed by atoms with E-state index < -0.39 is 5.60 Å². The third kappa shape index (κ3) is 1.77. The van der Waals surface area contributed by atoms with Gasteiger partial charge in [0, 0.05) is 6.42 Å². The van der Waals surface area contributed by atoms with Crippen LogP contribution in [-0.2, 0) is 9.47 Å². The van der Waals surface area contributed by atoms with Gasteiger partial charge >= 0.3 is 0 Å². The van der Waals surface area contributed by atoms with Crippen molar-refractivity contribution >= 4 is 0 Å². The molecule has 1 unspecified atom stereocenters. The molecule has 1 aliphatic carbocycles. The fourth-order valence-electron chi connectivity index (χ4n) is 1.33.